The molecule has 3 nitrogen and oxygen atoms in total. The van der Waals surface area contributed by atoms with Crippen LogP contribution in [-0.2, 0) is 5.41 Å². The highest BCUT2D eigenvalue weighted by molar-refractivity contribution is 7.99. The number of aromatic nitrogens is 2. The Bertz CT molecular complexity index is 441. The van der Waals surface area contributed by atoms with Crippen molar-refractivity contribution in [2.45, 2.75) is 50.7 Å². The smallest absolute Gasteiger partial charge is 0.251 e. The van der Waals surface area contributed by atoms with Gasteiger partial charge in [-0.2, -0.15) is 11.8 Å². The van der Waals surface area contributed by atoms with Crippen molar-refractivity contribution < 1.29 is 0 Å². The fourth-order valence-corrected chi connectivity index (χ4v) is 3.23. The molecule has 1 N–H and O–H groups in total. The summed E-state index contributed by atoms with van der Waals surface area (Å²) in [6.07, 6.45) is 3.65. The second kappa shape index (κ2) is 4.84. The fourth-order valence-electron chi connectivity index (χ4n) is 1.97. The summed E-state index contributed by atoms with van der Waals surface area (Å²) in [5.74, 6) is 2.04. The van der Waals surface area contributed by atoms with Gasteiger partial charge in [-0.1, -0.05) is 27.2 Å². The van der Waals surface area contributed by atoms with E-state index in [4.69, 9.17) is 0 Å². The summed E-state index contributed by atoms with van der Waals surface area (Å²) in [4.78, 5) is 19.2. The van der Waals surface area contributed by atoms with Crippen molar-refractivity contribution in [3.05, 3.63) is 27.9 Å². The molecule has 1 saturated heterocycles. The van der Waals surface area contributed by atoms with Crippen LogP contribution in [0, 0.1) is 0 Å². The summed E-state index contributed by atoms with van der Waals surface area (Å²) in [6, 6.07) is 1.62. The third kappa shape index (κ3) is 3.12. The maximum absolute atomic E-state index is 11.7. The van der Waals surface area contributed by atoms with Crippen LogP contribution in [0.3, 0.4) is 0 Å². The number of hydrogen-bond donors (Lipinski definition) is 1. The highest BCUT2D eigenvalue weighted by Crippen LogP contribution is 2.36. The molecule has 0 bridgehead atoms. The fraction of sp³-hybridized carbons (Fsp3) is 0.692. The summed E-state index contributed by atoms with van der Waals surface area (Å²) in [5.41, 5.74) is 0.802. The second-order valence-electron chi connectivity index (χ2n) is 5.62. The molecular formula is C13H20N2OS. The van der Waals surface area contributed by atoms with E-state index in [1.165, 1.54) is 18.6 Å². The summed E-state index contributed by atoms with van der Waals surface area (Å²) in [5, 5.41) is 0.374. The van der Waals surface area contributed by atoms with Crippen LogP contribution in [0.1, 0.15) is 56.8 Å². The molecule has 0 saturated carbocycles. The Labute approximate surface area is 106 Å². The van der Waals surface area contributed by atoms with E-state index in [2.05, 4.69) is 30.7 Å². The molecule has 0 radical (unpaired) electrons. The van der Waals surface area contributed by atoms with Gasteiger partial charge in [0.2, 0.25) is 0 Å². The van der Waals surface area contributed by atoms with Crippen molar-refractivity contribution in [2.75, 3.05) is 5.75 Å². The molecule has 1 atom stereocenters. The average molecular weight is 252 g/mol. The SMILES string of the molecule is CC(C)(C)c1cc(=O)[nH]c(C2CCCCS2)n1. The maximum atomic E-state index is 11.7. The molecule has 1 aromatic rings. The zero-order valence-electron chi connectivity index (χ0n) is 10.7. The van der Waals surface area contributed by atoms with Gasteiger partial charge in [0.25, 0.3) is 5.56 Å². The van der Waals surface area contributed by atoms with Gasteiger partial charge in [-0.3, -0.25) is 4.79 Å². The van der Waals surface area contributed by atoms with Crippen molar-refractivity contribution in [3.8, 4) is 0 Å². The maximum Gasteiger partial charge on any atom is 0.251 e. The van der Waals surface area contributed by atoms with Gasteiger partial charge in [-0.25, -0.2) is 4.98 Å². The van der Waals surface area contributed by atoms with Crippen LogP contribution < -0.4 is 5.56 Å². The van der Waals surface area contributed by atoms with Crippen molar-refractivity contribution in [1.82, 2.24) is 9.97 Å². The highest BCUT2D eigenvalue weighted by atomic mass is 32.2. The second-order valence-corrected chi connectivity index (χ2v) is 6.93. The van der Waals surface area contributed by atoms with Gasteiger partial charge in [0.15, 0.2) is 0 Å². The summed E-state index contributed by atoms with van der Waals surface area (Å²) >= 11 is 1.91. The van der Waals surface area contributed by atoms with E-state index < -0.39 is 0 Å². The van der Waals surface area contributed by atoms with E-state index in [1.54, 1.807) is 6.07 Å². The largest absolute Gasteiger partial charge is 0.310 e. The van der Waals surface area contributed by atoms with Gasteiger partial charge in [0, 0.05) is 11.5 Å². The Hall–Kier alpha value is -0.770. The number of nitrogens with one attached hydrogen (secondary N) is 1. The first-order valence-electron chi connectivity index (χ1n) is 6.20. The topological polar surface area (TPSA) is 45.8 Å². The molecule has 0 amide bonds. The van der Waals surface area contributed by atoms with Crippen LogP contribution in [0.25, 0.3) is 0 Å². The molecule has 17 heavy (non-hydrogen) atoms. The highest BCUT2D eigenvalue weighted by Gasteiger charge is 2.22. The molecule has 0 spiro atoms. The van der Waals surface area contributed by atoms with E-state index >= 15 is 0 Å². The predicted molar refractivity (Wildman–Crippen MR) is 72.6 cm³/mol. The van der Waals surface area contributed by atoms with E-state index in [0.717, 1.165) is 17.9 Å². The predicted octanol–water partition coefficient (Wildman–Crippen LogP) is 3.03. The van der Waals surface area contributed by atoms with Gasteiger partial charge in [0.05, 0.1) is 10.9 Å². The van der Waals surface area contributed by atoms with Gasteiger partial charge >= 0.3 is 0 Å². The molecule has 4 heteroatoms. The van der Waals surface area contributed by atoms with Crippen molar-refractivity contribution in [1.29, 1.82) is 0 Å². The lowest BCUT2D eigenvalue weighted by Crippen LogP contribution is -2.22. The minimum Gasteiger partial charge on any atom is -0.310 e. The lowest BCUT2D eigenvalue weighted by Gasteiger charge is -2.23. The number of H-pyrrole nitrogens is 1. The van der Waals surface area contributed by atoms with Crippen molar-refractivity contribution in [2.24, 2.45) is 0 Å². The number of nitrogens with zero attached hydrogens (tertiary/aromatic N) is 1. The Morgan fingerprint density at radius 2 is 2.18 bits per heavy atom. The molecule has 1 fully saturated rings. The normalized spacial score (nSPS) is 21.5. The molecular weight excluding hydrogens is 232 g/mol. The molecule has 94 valence electrons. The molecule has 1 unspecified atom stereocenters. The van der Waals surface area contributed by atoms with Gasteiger partial charge in [-0.15, -0.1) is 0 Å². The molecule has 2 rings (SSSR count). The van der Waals surface area contributed by atoms with E-state index in [1.807, 2.05) is 11.8 Å². The molecule has 1 aliphatic rings. The standard InChI is InChI=1S/C13H20N2OS/c1-13(2,3)10-8-11(16)15-12(14-10)9-6-4-5-7-17-9/h8-9H,4-7H2,1-3H3,(H,14,15,16). The van der Waals surface area contributed by atoms with Gasteiger partial charge in [-0.05, 0) is 18.6 Å². The van der Waals surface area contributed by atoms with Crippen molar-refractivity contribution in [3.63, 3.8) is 0 Å². The van der Waals surface area contributed by atoms with Crippen LogP contribution in [0.5, 0.6) is 0 Å². The van der Waals surface area contributed by atoms with Crippen LogP contribution in [-0.4, -0.2) is 15.7 Å². The lowest BCUT2D eigenvalue weighted by atomic mass is 9.92. The molecule has 0 aliphatic carbocycles. The Balaban J connectivity index is 2.34. The van der Waals surface area contributed by atoms with E-state index in [0.29, 0.717) is 5.25 Å². The van der Waals surface area contributed by atoms with Crippen LogP contribution >= 0.6 is 11.8 Å². The third-order valence-corrected chi connectivity index (χ3v) is 4.40. The summed E-state index contributed by atoms with van der Waals surface area (Å²) in [7, 11) is 0. The zero-order chi connectivity index (χ0) is 12.5. The molecule has 1 aromatic heterocycles. The first-order chi connectivity index (χ1) is 7.97. The van der Waals surface area contributed by atoms with E-state index in [-0.39, 0.29) is 11.0 Å². The molecule has 2 heterocycles. The summed E-state index contributed by atoms with van der Waals surface area (Å²) in [6.45, 7) is 6.27. The van der Waals surface area contributed by atoms with Gasteiger partial charge in [0.1, 0.15) is 5.82 Å². The average Bonchev–Trinajstić information content (AvgIpc) is 2.28. The minimum atomic E-state index is -0.0671. The Kier molecular flexibility index (Phi) is 3.61. The van der Waals surface area contributed by atoms with Crippen LogP contribution in [0.4, 0.5) is 0 Å². The molecule has 1 aliphatic heterocycles. The summed E-state index contributed by atoms with van der Waals surface area (Å²) < 4.78 is 0. The number of hydrogen-bond acceptors (Lipinski definition) is 3. The first kappa shape index (κ1) is 12.7. The number of thioether (sulfide) groups is 1. The van der Waals surface area contributed by atoms with Crippen LogP contribution in [0.15, 0.2) is 10.9 Å². The van der Waals surface area contributed by atoms with Crippen molar-refractivity contribution >= 4 is 11.8 Å². The number of rotatable bonds is 1. The Morgan fingerprint density at radius 3 is 2.76 bits per heavy atom. The Morgan fingerprint density at radius 1 is 1.41 bits per heavy atom. The first-order valence-corrected chi connectivity index (χ1v) is 7.25. The van der Waals surface area contributed by atoms with Gasteiger partial charge < -0.3 is 4.98 Å². The lowest BCUT2D eigenvalue weighted by molar-refractivity contribution is 0.555. The molecule has 0 aromatic carbocycles. The van der Waals surface area contributed by atoms with Crippen LogP contribution in [0.2, 0.25) is 0 Å². The van der Waals surface area contributed by atoms with E-state index in [9.17, 15) is 4.79 Å². The monoisotopic (exact) mass is 252 g/mol. The quantitative estimate of drug-likeness (QED) is 0.835. The zero-order valence-corrected chi connectivity index (χ0v) is 11.6. The third-order valence-electron chi connectivity index (χ3n) is 3.01. The number of aromatic amines is 1. The minimum absolute atomic E-state index is 0.0221.